The third kappa shape index (κ3) is 4.82. The number of hydrogen-bond donors (Lipinski definition) is 0. The van der Waals surface area contributed by atoms with E-state index in [9.17, 15) is 4.79 Å². The number of carbonyl (C=O) groups is 1. The molecule has 3 aromatic rings. The van der Waals surface area contributed by atoms with Crippen molar-refractivity contribution < 1.29 is 18.8 Å². The second-order valence-corrected chi connectivity index (χ2v) is 9.16. The molecule has 0 bridgehead atoms. The molecule has 0 fully saturated rings. The summed E-state index contributed by atoms with van der Waals surface area (Å²) in [6.45, 7) is 17.7. The van der Waals surface area contributed by atoms with Gasteiger partial charge in [0.1, 0.15) is 11.4 Å². The van der Waals surface area contributed by atoms with Crippen LogP contribution < -0.4 is 4.74 Å². The molecule has 1 aromatic heterocycles. The standard InChI is InChI=1S/C25H26N4O4/c1-15(2)31-21-11-10-16(12-20(21)26-6)23-27-22(28-33-23)18-9-7-8-17-13-29(14-19(17)18)24(30)32-25(3,4)5/h7-12,15H,13-14H2,1-5H3. The number of carbonyl (C=O) groups excluding carboxylic acids is 1. The van der Waals surface area contributed by atoms with E-state index in [2.05, 4.69) is 15.0 Å². The van der Waals surface area contributed by atoms with Gasteiger partial charge in [-0.1, -0.05) is 23.4 Å². The molecule has 8 heteroatoms. The van der Waals surface area contributed by atoms with Crippen molar-refractivity contribution in [3.63, 3.8) is 0 Å². The first-order chi connectivity index (χ1) is 15.6. The fraction of sp³-hybridized carbons (Fsp3) is 0.360. The van der Waals surface area contributed by atoms with E-state index in [0.29, 0.717) is 41.8 Å². The lowest BCUT2D eigenvalue weighted by molar-refractivity contribution is 0.0242. The fourth-order valence-electron chi connectivity index (χ4n) is 3.63. The average molecular weight is 447 g/mol. The summed E-state index contributed by atoms with van der Waals surface area (Å²) < 4.78 is 16.7. The van der Waals surface area contributed by atoms with E-state index in [0.717, 1.165) is 16.7 Å². The highest BCUT2D eigenvalue weighted by molar-refractivity contribution is 5.73. The van der Waals surface area contributed by atoms with Crippen molar-refractivity contribution in [1.29, 1.82) is 0 Å². The van der Waals surface area contributed by atoms with Crippen LogP contribution in [0.25, 0.3) is 27.7 Å². The van der Waals surface area contributed by atoms with Crippen molar-refractivity contribution in [1.82, 2.24) is 15.0 Å². The van der Waals surface area contributed by atoms with E-state index in [1.807, 2.05) is 52.8 Å². The van der Waals surface area contributed by atoms with Crippen LogP contribution in [0.3, 0.4) is 0 Å². The molecule has 8 nitrogen and oxygen atoms in total. The van der Waals surface area contributed by atoms with Crippen LogP contribution in [0.15, 0.2) is 40.9 Å². The lowest BCUT2D eigenvalue weighted by Gasteiger charge is -2.24. The highest BCUT2D eigenvalue weighted by atomic mass is 16.6. The zero-order valence-electron chi connectivity index (χ0n) is 19.4. The molecule has 0 saturated carbocycles. The van der Waals surface area contributed by atoms with Crippen LogP contribution in [-0.4, -0.2) is 32.8 Å². The van der Waals surface area contributed by atoms with Crippen LogP contribution in [0.4, 0.5) is 10.5 Å². The SMILES string of the molecule is [C-]#[N+]c1cc(-c2nc(-c3cccc4c3CN(C(=O)OC(C)(C)C)C4)no2)ccc1OC(C)C. The molecule has 0 saturated heterocycles. The van der Waals surface area contributed by atoms with E-state index in [4.69, 9.17) is 20.6 Å². The van der Waals surface area contributed by atoms with Gasteiger partial charge in [0.2, 0.25) is 11.5 Å². The Labute approximate surface area is 192 Å². The summed E-state index contributed by atoms with van der Waals surface area (Å²) in [7, 11) is 0. The minimum absolute atomic E-state index is 0.0354. The highest BCUT2D eigenvalue weighted by Crippen LogP contribution is 2.36. The largest absolute Gasteiger partial charge is 0.502 e. The van der Waals surface area contributed by atoms with Gasteiger partial charge in [-0.2, -0.15) is 4.98 Å². The highest BCUT2D eigenvalue weighted by Gasteiger charge is 2.30. The van der Waals surface area contributed by atoms with Gasteiger partial charge in [0.15, 0.2) is 0 Å². The van der Waals surface area contributed by atoms with E-state index in [1.165, 1.54) is 0 Å². The Bertz CT molecular complexity index is 1230. The first-order valence-corrected chi connectivity index (χ1v) is 10.8. The summed E-state index contributed by atoms with van der Waals surface area (Å²) in [5, 5.41) is 4.17. The summed E-state index contributed by atoms with van der Waals surface area (Å²) in [5.74, 6) is 1.26. The van der Waals surface area contributed by atoms with Crippen molar-refractivity contribution in [2.75, 3.05) is 0 Å². The van der Waals surface area contributed by atoms with Crippen molar-refractivity contribution in [2.45, 2.75) is 59.4 Å². The first kappa shape index (κ1) is 22.3. The molecule has 0 spiro atoms. The number of hydrogen-bond acceptors (Lipinski definition) is 6. The number of benzene rings is 2. The van der Waals surface area contributed by atoms with Gasteiger partial charge in [-0.15, -0.1) is 0 Å². The molecule has 0 atom stereocenters. The lowest BCUT2D eigenvalue weighted by Crippen LogP contribution is -2.33. The Morgan fingerprint density at radius 1 is 1.21 bits per heavy atom. The molecule has 2 heterocycles. The zero-order chi connectivity index (χ0) is 23.8. The molecule has 1 aliphatic heterocycles. The van der Waals surface area contributed by atoms with Gasteiger partial charge in [-0.05, 0) is 63.9 Å². The molecule has 33 heavy (non-hydrogen) atoms. The normalized spacial score (nSPS) is 13.1. The van der Waals surface area contributed by atoms with Crippen LogP contribution in [0.2, 0.25) is 0 Å². The molecule has 1 aliphatic rings. The van der Waals surface area contributed by atoms with Crippen LogP contribution in [0.1, 0.15) is 45.7 Å². The summed E-state index contributed by atoms with van der Waals surface area (Å²) in [6.07, 6.45) is -0.388. The molecule has 4 rings (SSSR count). The quantitative estimate of drug-likeness (QED) is 0.458. The Morgan fingerprint density at radius 3 is 2.70 bits per heavy atom. The minimum Gasteiger partial charge on any atom is -0.502 e. The first-order valence-electron chi connectivity index (χ1n) is 10.8. The Balaban J connectivity index is 1.60. The maximum Gasteiger partial charge on any atom is 0.410 e. The molecule has 0 unspecified atom stereocenters. The van der Waals surface area contributed by atoms with E-state index in [1.54, 1.807) is 23.1 Å². The molecular weight excluding hydrogens is 420 g/mol. The fourth-order valence-corrected chi connectivity index (χ4v) is 3.63. The summed E-state index contributed by atoms with van der Waals surface area (Å²) in [6, 6.07) is 11.0. The molecule has 0 radical (unpaired) electrons. The summed E-state index contributed by atoms with van der Waals surface area (Å²) >= 11 is 0. The second-order valence-electron chi connectivity index (χ2n) is 9.16. The Morgan fingerprint density at radius 2 is 2.00 bits per heavy atom. The van der Waals surface area contributed by atoms with Crippen LogP contribution in [-0.2, 0) is 17.8 Å². The number of nitrogens with zero attached hydrogens (tertiary/aromatic N) is 4. The molecule has 1 amide bonds. The second kappa shape index (κ2) is 8.58. The van der Waals surface area contributed by atoms with Gasteiger partial charge in [-0.25, -0.2) is 9.64 Å². The van der Waals surface area contributed by atoms with E-state index < -0.39 is 5.60 Å². The predicted octanol–water partition coefficient (Wildman–Crippen LogP) is 5.99. The number of rotatable bonds is 4. The van der Waals surface area contributed by atoms with Gasteiger partial charge in [0, 0.05) is 17.7 Å². The van der Waals surface area contributed by atoms with Crippen molar-refractivity contribution in [3.05, 3.63) is 58.9 Å². The van der Waals surface area contributed by atoms with Gasteiger partial charge in [-0.3, -0.25) is 4.90 Å². The molecule has 170 valence electrons. The van der Waals surface area contributed by atoms with Crippen LogP contribution in [0.5, 0.6) is 5.75 Å². The van der Waals surface area contributed by atoms with Crippen LogP contribution in [0, 0.1) is 6.57 Å². The van der Waals surface area contributed by atoms with Crippen molar-refractivity contribution in [2.24, 2.45) is 0 Å². The average Bonchev–Trinajstić information content (AvgIpc) is 3.39. The van der Waals surface area contributed by atoms with E-state index >= 15 is 0 Å². The monoisotopic (exact) mass is 446 g/mol. The van der Waals surface area contributed by atoms with Gasteiger partial charge < -0.3 is 14.0 Å². The number of aromatic nitrogens is 2. The summed E-state index contributed by atoms with van der Waals surface area (Å²) in [5.41, 5.74) is 3.26. The maximum absolute atomic E-state index is 12.5. The van der Waals surface area contributed by atoms with Gasteiger partial charge in [0.05, 0.1) is 19.2 Å². The van der Waals surface area contributed by atoms with Gasteiger partial charge in [0.25, 0.3) is 5.89 Å². The third-order valence-corrected chi connectivity index (χ3v) is 4.99. The Hall–Kier alpha value is -3.86. The molecule has 0 N–H and O–H groups in total. The molecule has 2 aromatic carbocycles. The third-order valence-electron chi connectivity index (χ3n) is 4.99. The van der Waals surface area contributed by atoms with Crippen molar-refractivity contribution >= 4 is 11.8 Å². The number of fused-ring (bicyclic) bond motifs is 1. The number of ether oxygens (including phenoxy) is 2. The maximum atomic E-state index is 12.5. The number of amides is 1. The predicted molar refractivity (Wildman–Crippen MR) is 123 cm³/mol. The topological polar surface area (TPSA) is 82.1 Å². The molecular formula is C25H26N4O4. The Kier molecular flexibility index (Phi) is 5.81. The summed E-state index contributed by atoms with van der Waals surface area (Å²) in [4.78, 5) is 22.3. The molecule has 0 aliphatic carbocycles. The lowest BCUT2D eigenvalue weighted by atomic mass is 10.0. The minimum atomic E-state index is -0.558. The van der Waals surface area contributed by atoms with Crippen molar-refractivity contribution in [3.8, 4) is 28.6 Å². The zero-order valence-corrected chi connectivity index (χ0v) is 19.4. The van der Waals surface area contributed by atoms with Gasteiger partial charge >= 0.3 is 6.09 Å². The van der Waals surface area contributed by atoms with Crippen LogP contribution >= 0.6 is 0 Å². The van der Waals surface area contributed by atoms with E-state index in [-0.39, 0.29) is 12.2 Å². The smallest absolute Gasteiger partial charge is 0.410 e.